The van der Waals surface area contributed by atoms with Gasteiger partial charge in [0.2, 0.25) is 0 Å². The highest BCUT2D eigenvalue weighted by Crippen LogP contribution is 2.33. The molecule has 5 aromatic rings. The van der Waals surface area contributed by atoms with E-state index in [1.54, 1.807) is 11.8 Å². The lowest BCUT2D eigenvalue weighted by Gasteiger charge is -2.14. The molecule has 0 fully saturated rings. The molecule has 0 amide bonds. The van der Waals surface area contributed by atoms with Crippen molar-refractivity contribution in [2.75, 3.05) is 12.4 Å². The summed E-state index contributed by atoms with van der Waals surface area (Å²) >= 11 is 1.76. The molecule has 0 bridgehead atoms. The number of benzene rings is 4. The van der Waals surface area contributed by atoms with E-state index in [1.807, 2.05) is 42.6 Å². The summed E-state index contributed by atoms with van der Waals surface area (Å²) in [6, 6.07) is 33.1. The van der Waals surface area contributed by atoms with Crippen molar-refractivity contribution >= 4 is 28.6 Å². The first-order valence-electron chi connectivity index (χ1n) is 12.0. The van der Waals surface area contributed by atoms with Crippen molar-refractivity contribution in [2.24, 2.45) is 0 Å². The van der Waals surface area contributed by atoms with Crippen molar-refractivity contribution in [3.8, 4) is 28.0 Å². The summed E-state index contributed by atoms with van der Waals surface area (Å²) in [6.07, 6.45) is 2.50. The second-order valence-corrected chi connectivity index (χ2v) is 9.75. The number of aromatic amines is 1. The number of aliphatic carboxylic acids is 1. The van der Waals surface area contributed by atoms with E-state index in [-0.39, 0.29) is 6.42 Å². The van der Waals surface area contributed by atoms with Crippen LogP contribution in [0.4, 0.5) is 0 Å². The maximum absolute atomic E-state index is 11.3. The van der Waals surface area contributed by atoms with Gasteiger partial charge in [-0.1, -0.05) is 48.5 Å². The zero-order valence-electron chi connectivity index (χ0n) is 19.8. The quantitative estimate of drug-likeness (QED) is 0.155. The standard InChI is InChI=1S/C31H27NO3S/c33-31(34)14-11-22-9-12-27(35-17-18-36-28-7-2-1-3-8-28)21-29(22)25-6-4-5-23(19-25)24-10-13-30-26(20-24)15-16-32-30/h1-10,12-13,15-16,19-21,32H,11,14,17-18H2,(H,33,34). The van der Waals surface area contributed by atoms with Crippen LogP contribution in [0.25, 0.3) is 33.2 Å². The van der Waals surface area contributed by atoms with Gasteiger partial charge in [0.05, 0.1) is 6.61 Å². The van der Waals surface area contributed by atoms with Crippen LogP contribution in [-0.4, -0.2) is 28.4 Å². The Hall–Kier alpha value is -3.96. The Morgan fingerprint density at radius 3 is 2.53 bits per heavy atom. The molecule has 0 aliphatic carbocycles. The summed E-state index contributed by atoms with van der Waals surface area (Å²) in [5, 5.41) is 10.4. The van der Waals surface area contributed by atoms with Gasteiger partial charge in [0.25, 0.3) is 0 Å². The van der Waals surface area contributed by atoms with Crippen LogP contribution in [0.3, 0.4) is 0 Å². The molecule has 0 saturated heterocycles. The molecule has 0 radical (unpaired) electrons. The fraction of sp³-hybridized carbons (Fsp3) is 0.129. The summed E-state index contributed by atoms with van der Waals surface area (Å²) in [5.74, 6) is 0.835. The van der Waals surface area contributed by atoms with Crippen LogP contribution >= 0.6 is 11.8 Å². The van der Waals surface area contributed by atoms with Crippen LogP contribution in [0, 0.1) is 0 Å². The van der Waals surface area contributed by atoms with Crippen LogP contribution in [0.5, 0.6) is 5.75 Å². The van der Waals surface area contributed by atoms with Crippen molar-refractivity contribution < 1.29 is 14.6 Å². The number of carboxylic acid groups (broad SMARTS) is 1. The van der Waals surface area contributed by atoms with Crippen LogP contribution in [-0.2, 0) is 11.2 Å². The van der Waals surface area contributed by atoms with E-state index >= 15 is 0 Å². The number of H-pyrrole nitrogens is 1. The predicted molar refractivity (Wildman–Crippen MR) is 148 cm³/mol. The normalized spacial score (nSPS) is 11.0. The van der Waals surface area contributed by atoms with Crippen LogP contribution < -0.4 is 4.74 Å². The number of hydrogen-bond donors (Lipinski definition) is 2. The van der Waals surface area contributed by atoms with E-state index in [0.717, 1.165) is 44.8 Å². The highest BCUT2D eigenvalue weighted by Gasteiger charge is 2.11. The minimum absolute atomic E-state index is 0.0881. The molecule has 1 aromatic heterocycles. The highest BCUT2D eigenvalue weighted by atomic mass is 32.2. The lowest BCUT2D eigenvalue weighted by atomic mass is 9.93. The molecule has 0 unspecified atom stereocenters. The average Bonchev–Trinajstić information content (AvgIpc) is 3.39. The highest BCUT2D eigenvalue weighted by molar-refractivity contribution is 7.99. The molecule has 0 aliphatic heterocycles. The second-order valence-electron chi connectivity index (χ2n) is 8.58. The van der Waals surface area contributed by atoms with Crippen molar-refractivity contribution in [2.45, 2.75) is 17.7 Å². The van der Waals surface area contributed by atoms with Gasteiger partial charge in [-0.15, -0.1) is 11.8 Å². The molecule has 4 aromatic carbocycles. The van der Waals surface area contributed by atoms with Crippen LogP contribution in [0.1, 0.15) is 12.0 Å². The third-order valence-corrected chi connectivity index (χ3v) is 7.09. The molecule has 0 saturated carbocycles. The lowest BCUT2D eigenvalue weighted by molar-refractivity contribution is -0.136. The molecule has 180 valence electrons. The van der Waals surface area contributed by atoms with Gasteiger partial charge in [0, 0.05) is 28.8 Å². The van der Waals surface area contributed by atoms with Crippen molar-refractivity contribution in [1.29, 1.82) is 0 Å². The molecular formula is C31H27NO3S. The zero-order valence-corrected chi connectivity index (χ0v) is 20.6. The summed E-state index contributed by atoms with van der Waals surface area (Å²) < 4.78 is 6.08. The van der Waals surface area contributed by atoms with Gasteiger partial charge < -0.3 is 14.8 Å². The minimum atomic E-state index is -0.798. The number of hydrogen-bond acceptors (Lipinski definition) is 3. The third-order valence-electron chi connectivity index (χ3n) is 6.11. The molecule has 4 nitrogen and oxygen atoms in total. The Kier molecular flexibility index (Phi) is 7.39. The van der Waals surface area contributed by atoms with E-state index in [1.165, 1.54) is 10.3 Å². The number of fused-ring (bicyclic) bond motifs is 1. The fourth-order valence-corrected chi connectivity index (χ4v) is 5.06. The number of aryl methyl sites for hydroxylation is 1. The minimum Gasteiger partial charge on any atom is -0.493 e. The van der Waals surface area contributed by atoms with Gasteiger partial charge in [0.1, 0.15) is 5.75 Å². The van der Waals surface area contributed by atoms with Gasteiger partial charge >= 0.3 is 5.97 Å². The van der Waals surface area contributed by atoms with Crippen molar-refractivity contribution in [1.82, 2.24) is 4.98 Å². The molecule has 36 heavy (non-hydrogen) atoms. The van der Waals surface area contributed by atoms with Gasteiger partial charge in [-0.2, -0.15) is 0 Å². The summed E-state index contributed by atoms with van der Waals surface area (Å²) in [4.78, 5) is 15.7. The fourth-order valence-electron chi connectivity index (χ4n) is 4.31. The van der Waals surface area contributed by atoms with Crippen molar-refractivity contribution in [3.05, 3.63) is 109 Å². The van der Waals surface area contributed by atoms with E-state index < -0.39 is 5.97 Å². The molecule has 5 heteroatoms. The van der Waals surface area contributed by atoms with Gasteiger partial charge in [-0.05, 0) is 88.2 Å². The Labute approximate surface area is 215 Å². The SMILES string of the molecule is O=C(O)CCc1ccc(OCCSc2ccccc2)cc1-c1cccc(-c2ccc3[nH]ccc3c2)c1. The molecule has 2 N–H and O–H groups in total. The lowest BCUT2D eigenvalue weighted by Crippen LogP contribution is -2.02. The first kappa shape index (κ1) is 23.8. The van der Waals surface area contributed by atoms with Gasteiger partial charge in [0.15, 0.2) is 0 Å². The van der Waals surface area contributed by atoms with E-state index in [0.29, 0.717) is 13.0 Å². The predicted octanol–water partition coefficient (Wildman–Crippen LogP) is 7.69. The summed E-state index contributed by atoms with van der Waals surface area (Å²) in [5.41, 5.74) is 6.43. The molecule has 1 heterocycles. The Balaban J connectivity index is 1.39. The number of rotatable bonds is 10. The van der Waals surface area contributed by atoms with Gasteiger partial charge in [-0.25, -0.2) is 0 Å². The first-order valence-corrected chi connectivity index (χ1v) is 13.0. The Morgan fingerprint density at radius 2 is 1.67 bits per heavy atom. The van der Waals surface area contributed by atoms with E-state index in [9.17, 15) is 9.90 Å². The smallest absolute Gasteiger partial charge is 0.303 e. The first-order chi connectivity index (χ1) is 17.7. The average molecular weight is 494 g/mol. The van der Waals surface area contributed by atoms with E-state index in [4.69, 9.17) is 4.74 Å². The molecule has 0 atom stereocenters. The topological polar surface area (TPSA) is 62.3 Å². The monoisotopic (exact) mass is 493 g/mol. The largest absolute Gasteiger partial charge is 0.493 e. The molecular weight excluding hydrogens is 466 g/mol. The second kappa shape index (κ2) is 11.2. The number of carboxylic acids is 1. The number of carbonyl (C=O) groups is 1. The molecule has 0 aliphatic rings. The number of ether oxygens (including phenoxy) is 1. The van der Waals surface area contributed by atoms with Crippen LogP contribution in [0.2, 0.25) is 0 Å². The molecule has 5 rings (SSSR count). The Bertz CT molecular complexity index is 1480. The van der Waals surface area contributed by atoms with Gasteiger partial charge in [-0.3, -0.25) is 4.79 Å². The zero-order chi connectivity index (χ0) is 24.7. The third kappa shape index (κ3) is 5.81. The maximum Gasteiger partial charge on any atom is 0.303 e. The summed E-state index contributed by atoms with van der Waals surface area (Å²) in [7, 11) is 0. The van der Waals surface area contributed by atoms with Crippen molar-refractivity contribution in [3.63, 3.8) is 0 Å². The summed E-state index contributed by atoms with van der Waals surface area (Å²) in [6.45, 7) is 0.587. The van der Waals surface area contributed by atoms with E-state index in [2.05, 4.69) is 65.6 Å². The number of nitrogens with one attached hydrogen (secondary N) is 1. The Morgan fingerprint density at radius 1 is 0.833 bits per heavy atom. The van der Waals surface area contributed by atoms with Crippen LogP contribution in [0.15, 0.2) is 108 Å². The maximum atomic E-state index is 11.3. The number of aromatic nitrogens is 1. The number of thioether (sulfide) groups is 1. The molecule has 0 spiro atoms.